The third-order valence-electron chi connectivity index (χ3n) is 5.24. The molecule has 4 rings (SSSR count). The second kappa shape index (κ2) is 8.49. The number of carbonyl (C=O) groups excluding carboxylic acids is 1. The third kappa shape index (κ3) is 4.49. The van der Waals surface area contributed by atoms with Gasteiger partial charge in [-0.2, -0.15) is 0 Å². The van der Waals surface area contributed by atoms with Gasteiger partial charge in [0.05, 0.1) is 6.54 Å². The van der Waals surface area contributed by atoms with Crippen LogP contribution in [0.1, 0.15) is 42.2 Å². The molecule has 0 saturated heterocycles. The quantitative estimate of drug-likeness (QED) is 0.597. The Morgan fingerprint density at radius 1 is 1.03 bits per heavy atom. The molecule has 0 atom stereocenters. The summed E-state index contributed by atoms with van der Waals surface area (Å²) in [5.74, 6) is 1.58. The van der Waals surface area contributed by atoms with Crippen molar-refractivity contribution < 1.29 is 9.21 Å². The molecule has 0 spiro atoms. The summed E-state index contributed by atoms with van der Waals surface area (Å²) in [5, 5.41) is 6.14. The number of hydrogen-bond donors (Lipinski definition) is 3. The Morgan fingerprint density at radius 3 is 2.55 bits per heavy atom. The Kier molecular flexibility index (Phi) is 5.62. The lowest BCUT2D eigenvalue weighted by atomic mass is 9.89. The van der Waals surface area contributed by atoms with Crippen LogP contribution in [0.25, 0.3) is 11.3 Å². The number of benzene rings is 1. The Labute approximate surface area is 169 Å². The van der Waals surface area contributed by atoms with E-state index in [0.717, 1.165) is 65.1 Å². The van der Waals surface area contributed by atoms with E-state index < -0.39 is 0 Å². The maximum atomic E-state index is 12.1. The van der Waals surface area contributed by atoms with E-state index >= 15 is 0 Å². The molecule has 3 N–H and O–H groups in total. The van der Waals surface area contributed by atoms with Gasteiger partial charge in [0.15, 0.2) is 0 Å². The van der Waals surface area contributed by atoms with Crippen LogP contribution in [-0.4, -0.2) is 10.9 Å². The molecule has 3 aromatic rings. The van der Waals surface area contributed by atoms with Crippen LogP contribution < -0.4 is 16.2 Å². The largest absolute Gasteiger partial charge is 0.460 e. The number of anilines is 1. The number of fused-ring (bicyclic) bond motifs is 1. The fraction of sp³-hybridized carbons (Fsp3) is 0.304. The average molecular weight is 391 g/mol. The van der Waals surface area contributed by atoms with Crippen LogP contribution in [0.2, 0.25) is 0 Å². The molecule has 0 bridgehead atoms. The van der Waals surface area contributed by atoms with Gasteiger partial charge < -0.3 is 20.0 Å². The van der Waals surface area contributed by atoms with Crippen molar-refractivity contribution in [2.24, 2.45) is 0 Å². The highest BCUT2D eigenvalue weighted by Crippen LogP contribution is 2.30. The maximum Gasteiger partial charge on any atom is 0.251 e. The molecular formula is C23H25N3O3. The van der Waals surface area contributed by atoms with Gasteiger partial charge in [-0.05, 0) is 61.1 Å². The lowest BCUT2D eigenvalue weighted by molar-refractivity contribution is -0.114. The van der Waals surface area contributed by atoms with Gasteiger partial charge in [-0.15, -0.1) is 0 Å². The van der Waals surface area contributed by atoms with Gasteiger partial charge >= 0.3 is 0 Å². The molecule has 1 aliphatic rings. The van der Waals surface area contributed by atoms with Gasteiger partial charge in [-0.1, -0.05) is 12.1 Å². The summed E-state index contributed by atoms with van der Waals surface area (Å²) in [4.78, 5) is 26.0. The van der Waals surface area contributed by atoms with Crippen molar-refractivity contribution in [2.75, 3.05) is 5.32 Å². The number of carbonyl (C=O) groups is 1. The number of H-pyrrole nitrogens is 1. The van der Waals surface area contributed by atoms with Gasteiger partial charge in [-0.25, -0.2) is 0 Å². The summed E-state index contributed by atoms with van der Waals surface area (Å²) in [7, 11) is 0. The summed E-state index contributed by atoms with van der Waals surface area (Å²) >= 11 is 0. The molecule has 1 aliphatic carbocycles. The van der Waals surface area contributed by atoms with Crippen molar-refractivity contribution in [2.45, 2.75) is 45.7 Å². The topological polar surface area (TPSA) is 87.1 Å². The van der Waals surface area contributed by atoms with E-state index in [1.54, 1.807) is 6.20 Å². The maximum absolute atomic E-state index is 12.1. The van der Waals surface area contributed by atoms with E-state index in [2.05, 4.69) is 15.6 Å². The zero-order valence-electron chi connectivity index (χ0n) is 16.5. The van der Waals surface area contributed by atoms with Crippen LogP contribution in [0.15, 0.2) is 51.8 Å². The van der Waals surface area contributed by atoms with Crippen molar-refractivity contribution in [3.05, 3.63) is 75.4 Å². The molecule has 29 heavy (non-hydrogen) atoms. The number of aromatic amines is 1. The lowest BCUT2D eigenvalue weighted by Gasteiger charge is -2.17. The minimum atomic E-state index is -0.0757. The van der Waals surface area contributed by atoms with E-state index in [4.69, 9.17) is 4.42 Å². The van der Waals surface area contributed by atoms with Crippen LogP contribution in [-0.2, 0) is 30.7 Å². The molecule has 0 radical (unpaired) electrons. The molecular weight excluding hydrogens is 366 g/mol. The first-order valence-corrected chi connectivity index (χ1v) is 10.00. The van der Waals surface area contributed by atoms with E-state index in [1.165, 1.54) is 6.92 Å². The number of rotatable bonds is 6. The molecule has 0 fully saturated rings. The summed E-state index contributed by atoms with van der Waals surface area (Å²) in [6, 6.07) is 11.7. The molecule has 0 unspecified atom stereocenters. The molecule has 1 aromatic carbocycles. The SMILES string of the molecule is CC(=O)Nc1ccc(CNCc2ccc(-c3c[nH]c(=O)c4c3CCCC4)o2)cc1. The van der Waals surface area contributed by atoms with Gasteiger partial charge in [0.2, 0.25) is 5.91 Å². The monoisotopic (exact) mass is 391 g/mol. The molecule has 2 aromatic heterocycles. The highest BCUT2D eigenvalue weighted by atomic mass is 16.3. The smallest absolute Gasteiger partial charge is 0.251 e. The predicted octanol–water partition coefficient (Wildman–Crippen LogP) is 3.76. The minimum Gasteiger partial charge on any atom is -0.460 e. The second-order valence-corrected chi connectivity index (χ2v) is 7.44. The summed E-state index contributed by atoms with van der Waals surface area (Å²) < 4.78 is 6.04. The van der Waals surface area contributed by atoms with Crippen molar-refractivity contribution in [1.82, 2.24) is 10.3 Å². The van der Waals surface area contributed by atoms with Crippen LogP contribution in [0.3, 0.4) is 0 Å². The lowest BCUT2D eigenvalue weighted by Crippen LogP contribution is -2.19. The first kappa shape index (κ1) is 19.2. The highest BCUT2D eigenvalue weighted by Gasteiger charge is 2.19. The third-order valence-corrected chi connectivity index (χ3v) is 5.24. The number of amides is 1. The van der Waals surface area contributed by atoms with Crippen molar-refractivity contribution in [3.8, 4) is 11.3 Å². The number of nitrogens with one attached hydrogen (secondary N) is 3. The Balaban J connectivity index is 1.39. The molecule has 150 valence electrons. The first-order chi connectivity index (χ1) is 14.1. The fourth-order valence-electron chi connectivity index (χ4n) is 3.84. The number of furan rings is 1. The normalized spacial score (nSPS) is 13.1. The standard InChI is InChI=1S/C23H25N3O3/c1-15(27)26-17-8-6-16(7-9-17)12-24-13-18-10-11-22(29-18)21-14-25-23(28)20-5-3-2-4-19(20)21/h6-11,14,24H,2-5,12-13H2,1H3,(H,25,28)(H,26,27). The summed E-state index contributed by atoms with van der Waals surface area (Å²) in [6.07, 6.45) is 5.73. The molecule has 1 amide bonds. The van der Waals surface area contributed by atoms with E-state index in [1.807, 2.05) is 36.4 Å². The van der Waals surface area contributed by atoms with Crippen LogP contribution in [0.4, 0.5) is 5.69 Å². The van der Waals surface area contributed by atoms with E-state index in [0.29, 0.717) is 13.1 Å². The van der Waals surface area contributed by atoms with Gasteiger partial charge in [0.1, 0.15) is 11.5 Å². The average Bonchev–Trinajstić information content (AvgIpc) is 3.18. The first-order valence-electron chi connectivity index (χ1n) is 10.00. The van der Waals surface area contributed by atoms with Crippen LogP contribution >= 0.6 is 0 Å². The number of aromatic nitrogens is 1. The predicted molar refractivity (Wildman–Crippen MR) is 113 cm³/mol. The zero-order valence-corrected chi connectivity index (χ0v) is 16.5. The molecule has 2 heterocycles. The highest BCUT2D eigenvalue weighted by molar-refractivity contribution is 5.88. The fourth-order valence-corrected chi connectivity index (χ4v) is 3.84. The van der Waals surface area contributed by atoms with Crippen LogP contribution in [0.5, 0.6) is 0 Å². The van der Waals surface area contributed by atoms with Gasteiger partial charge in [0, 0.05) is 36.5 Å². The Morgan fingerprint density at radius 2 is 1.79 bits per heavy atom. The molecule has 6 nitrogen and oxygen atoms in total. The minimum absolute atomic E-state index is 0.0291. The summed E-state index contributed by atoms with van der Waals surface area (Å²) in [5.41, 5.74) is 4.99. The van der Waals surface area contributed by atoms with Crippen molar-refractivity contribution in [1.29, 1.82) is 0 Å². The van der Waals surface area contributed by atoms with Gasteiger partial charge in [-0.3, -0.25) is 9.59 Å². The Bertz CT molecular complexity index is 1060. The molecule has 0 aliphatic heterocycles. The summed E-state index contributed by atoms with van der Waals surface area (Å²) in [6.45, 7) is 2.80. The van der Waals surface area contributed by atoms with E-state index in [9.17, 15) is 9.59 Å². The Hall–Kier alpha value is -3.12. The zero-order chi connectivity index (χ0) is 20.2. The van der Waals surface area contributed by atoms with Crippen LogP contribution in [0, 0.1) is 0 Å². The molecule has 0 saturated carbocycles. The van der Waals surface area contributed by atoms with Crippen molar-refractivity contribution >= 4 is 11.6 Å². The number of pyridine rings is 1. The number of hydrogen-bond acceptors (Lipinski definition) is 4. The second-order valence-electron chi connectivity index (χ2n) is 7.44. The van der Waals surface area contributed by atoms with Crippen molar-refractivity contribution in [3.63, 3.8) is 0 Å². The van der Waals surface area contributed by atoms with E-state index in [-0.39, 0.29) is 11.5 Å². The van der Waals surface area contributed by atoms with Gasteiger partial charge in [0.25, 0.3) is 5.56 Å². The molecule has 6 heteroatoms.